The van der Waals surface area contributed by atoms with Gasteiger partial charge in [-0.3, -0.25) is 0 Å². The highest BCUT2D eigenvalue weighted by molar-refractivity contribution is 5.75. The molecule has 0 spiro atoms. The van der Waals surface area contributed by atoms with Gasteiger partial charge in [0.1, 0.15) is 11.6 Å². The SMILES string of the molecule is CNCCNCc1cccc(-c2nc(-c3c(C)noc3C)c(C)c(N3Cc4ccccc4C3)n2)c1. The second kappa shape index (κ2) is 9.98. The van der Waals surface area contributed by atoms with Crippen LogP contribution in [0.15, 0.2) is 53.1 Å². The molecule has 2 aromatic heterocycles. The van der Waals surface area contributed by atoms with Crippen molar-refractivity contribution in [3.63, 3.8) is 0 Å². The minimum absolute atomic E-state index is 0.716. The number of nitrogens with zero attached hydrogens (tertiary/aromatic N) is 4. The van der Waals surface area contributed by atoms with Crippen LogP contribution >= 0.6 is 0 Å². The maximum Gasteiger partial charge on any atom is 0.162 e. The molecule has 0 aliphatic carbocycles. The number of likely N-dealkylation sites (N-methyl/N-ethyl adjacent to an activating group) is 1. The van der Waals surface area contributed by atoms with Crippen LogP contribution in [0, 0.1) is 20.8 Å². The lowest BCUT2D eigenvalue weighted by Crippen LogP contribution is -2.24. The predicted molar refractivity (Wildman–Crippen MR) is 139 cm³/mol. The molecular formula is C28H32N6O. The van der Waals surface area contributed by atoms with Gasteiger partial charge in [-0.2, -0.15) is 0 Å². The normalized spacial score (nSPS) is 12.9. The molecule has 1 aliphatic rings. The van der Waals surface area contributed by atoms with Crippen LogP contribution in [0.5, 0.6) is 0 Å². The Morgan fingerprint density at radius 3 is 2.40 bits per heavy atom. The Hall–Kier alpha value is -3.55. The summed E-state index contributed by atoms with van der Waals surface area (Å²) in [6.45, 7) is 10.3. The average Bonchev–Trinajstić information content (AvgIpc) is 3.45. The number of fused-ring (bicyclic) bond motifs is 1. The molecule has 35 heavy (non-hydrogen) atoms. The smallest absolute Gasteiger partial charge is 0.162 e. The predicted octanol–water partition coefficient (Wildman–Crippen LogP) is 4.55. The van der Waals surface area contributed by atoms with Crippen LogP contribution in [0.3, 0.4) is 0 Å². The molecule has 0 atom stereocenters. The molecule has 5 rings (SSSR count). The summed E-state index contributed by atoms with van der Waals surface area (Å²) in [5, 5.41) is 10.8. The van der Waals surface area contributed by atoms with Crippen LogP contribution in [0.1, 0.15) is 33.7 Å². The molecule has 0 bridgehead atoms. The molecular weight excluding hydrogens is 436 g/mol. The highest BCUT2D eigenvalue weighted by Crippen LogP contribution is 2.37. The third-order valence-electron chi connectivity index (χ3n) is 6.60. The Kier molecular flexibility index (Phi) is 6.61. The highest BCUT2D eigenvalue weighted by Gasteiger charge is 2.26. The molecule has 0 saturated carbocycles. The van der Waals surface area contributed by atoms with Crippen molar-refractivity contribution in [1.29, 1.82) is 0 Å². The molecule has 0 amide bonds. The molecule has 0 radical (unpaired) electrons. The highest BCUT2D eigenvalue weighted by atomic mass is 16.5. The van der Waals surface area contributed by atoms with Crippen LogP contribution in [-0.4, -0.2) is 35.3 Å². The standard InChI is InChI=1S/C28H32N6O/c1-18-26(25-19(2)33-35-20(25)3)31-27(22-11-7-8-21(14-22)15-30-13-12-29-4)32-28(18)34-16-23-9-5-6-10-24(23)17-34/h5-11,14,29-30H,12-13,15-17H2,1-4H3. The van der Waals surface area contributed by atoms with Crippen molar-refractivity contribution >= 4 is 5.82 Å². The molecule has 3 heterocycles. The number of benzene rings is 2. The number of nitrogens with one attached hydrogen (secondary N) is 2. The Labute approximate surface area is 206 Å². The van der Waals surface area contributed by atoms with E-state index in [9.17, 15) is 0 Å². The third kappa shape index (κ3) is 4.70. The lowest BCUT2D eigenvalue weighted by Gasteiger charge is -2.22. The first-order chi connectivity index (χ1) is 17.0. The van der Waals surface area contributed by atoms with Gasteiger partial charge < -0.3 is 20.1 Å². The van der Waals surface area contributed by atoms with E-state index in [0.717, 1.165) is 72.4 Å². The second-order valence-electron chi connectivity index (χ2n) is 9.15. The summed E-state index contributed by atoms with van der Waals surface area (Å²) in [7, 11) is 1.96. The number of aryl methyl sites for hydroxylation is 2. The third-order valence-corrected chi connectivity index (χ3v) is 6.60. The molecule has 2 N–H and O–H groups in total. The van der Waals surface area contributed by atoms with Crippen molar-refractivity contribution in [2.75, 3.05) is 25.0 Å². The van der Waals surface area contributed by atoms with Gasteiger partial charge in [-0.05, 0) is 50.6 Å². The van der Waals surface area contributed by atoms with Gasteiger partial charge in [0.25, 0.3) is 0 Å². The zero-order valence-electron chi connectivity index (χ0n) is 20.9. The van der Waals surface area contributed by atoms with Crippen molar-refractivity contribution in [1.82, 2.24) is 25.8 Å². The van der Waals surface area contributed by atoms with E-state index in [0.29, 0.717) is 5.82 Å². The van der Waals surface area contributed by atoms with E-state index in [1.54, 1.807) is 0 Å². The molecule has 180 valence electrons. The monoisotopic (exact) mass is 468 g/mol. The molecule has 7 heteroatoms. The lowest BCUT2D eigenvalue weighted by atomic mass is 10.0. The number of hydrogen-bond donors (Lipinski definition) is 2. The summed E-state index contributed by atoms with van der Waals surface area (Å²) >= 11 is 0. The lowest BCUT2D eigenvalue weighted by molar-refractivity contribution is 0.393. The number of rotatable bonds is 8. The number of hydrogen-bond acceptors (Lipinski definition) is 7. The Morgan fingerprint density at radius 2 is 1.71 bits per heavy atom. The zero-order chi connectivity index (χ0) is 24.4. The van der Waals surface area contributed by atoms with E-state index in [1.807, 2.05) is 20.9 Å². The summed E-state index contributed by atoms with van der Waals surface area (Å²) < 4.78 is 5.51. The average molecular weight is 469 g/mol. The second-order valence-corrected chi connectivity index (χ2v) is 9.15. The fourth-order valence-electron chi connectivity index (χ4n) is 4.76. The van der Waals surface area contributed by atoms with Gasteiger partial charge in [-0.25, -0.2) is 9.97 Å². The Morgan fingerprint density at radius 1 is 0.943 bits per heavy atom. The molecule has 0 saturated heterocycles. The molecule has 0 fully saturated rings. The van der Waals surface area contributed by atoms with Crippen molar-refractivity contribution in [3.8, 4) is 22.6 Å². The minimum Gasteiger partial charge on any atom is -0.361 e. The van der Waals surface area contributed by atoms with Crippen LogP contribution in [-0.2, 0) is 19.6 Å². The van der Waals surface area contributed by atoms with Crippen molar-refractivity contribution in [2.45, 2.75) is 40.4 Å². The first kappa shape index (κ1) is 23.2. The van der Waals surface area contributed by atoms with Crippen LogP contribution < -0.4 is 15.5 Å². The van der Waals surface area contributed by atoms with Gasteiger partial charge in [0.05, 0.1) is 17.0 Å². The van der Waals surface area contributed by atoms with E-state index in [4.69, 9.17) is 14.5 Å². The van der Waals surface area contributed by atoms with Crippen molar-refractivity contribution < 1.29 is 4.52 Å². The Balaban J connectivity index is 1.57. The largest absolute Gasteiger partial charge is 0.361 e. The fourth-order valence-corrected chi connectivity index (χ4v) is 4.76. The first-order valence-corrected chi connectivity index (χ1v) is 12.1. The van der Waals surface area contributed by atoms with Gasteiger partial charge in [-0.1, -0.05) is 47.6 Å². The van der Waals surface area contributed by atoms with Crippen LogP contribution in [0.4, 0.5) is 5.82 Å². The quantitative estimate of drug-likeness (QED) is 0.367. The summed E-state index contributed by atoms with van der Waals surface area (Å²) in [6, 6.07) is 17.1. The molecule has 0 unspecified atom stereocenters. The zero-order valence-corrected chi connectivity index (χ0v) is 20.9. The van der Waals surface area contributed by atoms with Gasteiger partial charge in [0.15, 0.2) is 5.82 Å². The van der Waals surface area contributed by atoms with Gasteiger partial charge in [-0.15, -0.1) is 0 Å². The molecule has 4 aromatic rings. The first-order valence-electron chi connectivity index (χ1n) is 12.1. The topological polar surface area (TPSA) is 79.1 Å². The summed E-state index contributed by atoms with van der Waals surface area (Å²) in [5.41, 5.74) is 8.62. The van der Waals surface area contributed by atoms with E-state index in [2.05, 4.69) is 76.1 Å². The van der Waals surface area contributed by atoms with E-state index in [-0.39, 0.29) is 0 Å². The summed E-state index contributed by atoms with van der Waals surface area (Å²) in [6.07, 6.45) is 0. The molecule has 7 nitrogen and oxygen atoms in total. The molecule has 2 aromatic carbocycles. The maximum absolute atomic E-state index is 5.51. The van der Waals surface area contributed by atoms with Gasteiger partial charge in [0, 0.05) is 43.9 Å². The number of anilines is 1. The minimum atomic E-state index is 0.716. The van der Waals surface area contributed by atoms with Crippen molar-refractivity contribution in [3.05, 3.63) is 82.2 Å². The molecule has 1 aliphatic heterocycles. The van der Waals surface area contributed by atoms with Gasteiger partial charge in [0.2, 0.25) is 0 Å². The Bertz CT molecular complexity index is 1300. The summed E-state index contributed by atoms with van der Waals surface area (Å²) in [5.74, 6) is 2.45. The van der Waals surface area contributed by atoms with E-state index >= 15 is 0 Å². The number of aromatic nitrogens is 3. The van der Waals surface area contributed by atoms with E-state index < -0.39 is 0 Å². The van der Waals surface area contributed by atoms with Crippen molar-refractivity contribution in [2.24, 2.45) is 0 Å². The van der Waals surface area contributed by atoms with Gasteiger partial charge >= 0.3 is 0 Å². The maximum atomic E-state index is 5.51. The van der Waals surface area contributed by atoms with Crippen LogP contribution in [0.2, 0.25) is 0 Å². The summed E-state index contributed by atoms with van der Waals surface area (Å²) in [4.78, 5) is 12.5. The van der Waals surface area contributed by atoms with Crippen LogP contribution in [0.25, 0.3) is 22.6 Å². The van der Waals surface area contributed by atoms with E-state index in [1.165, 1.54) is 16.7 Å². The fraction of sp³-hybridized carbons (Fsp3) is 0.321.